The predicted octanol–water partition coefficient (Wildman–Crippen LogP) is 24.9. The maximum atomic E-state index is 2.66. The van der Waals surface area contributed by atoms with E-state index in [1.165, 1.54) is 137 Å². The van der Waals surface area contributed by atoms with Gasteiger partial charge in [-0.2, -0.15) is 0 Å². The molecule has 0 unspecified atom stereocenters. The van der Waals surface area contributed by atoms with Crippen molar-refractivity contribution in [3.8, 4) is 44.5 Å². The molecule has 3 aliphatic rings. The van der Waals surface area contributed by atoms with E-state index in [0.717, 1.165) is 73.4 Å². The SMILES string of the molecule is c1ccc(-c2ccc3c(c2)B2c4cc(-c5ccccc5)ccc4N(c4ccccc4-c4cc5c6ccccc6n6c7ccccc7c(c4)c56)c4cc(N5c6ccccc6C(c6ccccc6)(c6ccccc6)c6ccccc65)cc(c42)N3c2ccccc2-c2cc3c4ccccc4n4c5ccccc5c(c2)c34)cc1. The quantitative estimate of drug-likeness (QED) is 0.134. The highest BCUT2D eigenvalue weighted by Crippen LogP contribution is 2.60. The van der Waals surface area contributed by atoms with Crippen molar-refractivity contribution in [1.29, 1.82) is 0 Å². The van der Waals surface area contributed by atoms with Crippen LogP contribution in [0.5, 0.6) is 0 Å². The monoisotopic (exact) mass is 1380 g/mol. The molecule has 6 heteroatoms. The average Bonchev–Trinajstić information content (AvgIpc) is 1.64. The maximum absolute atomic E-state index is 2.66. The molecule has 5 nitrogen and oxygen atoms in total. The fourth-order valence-electron chi connectivity index (χ4n) is 20.0. The van der Waals surface area contributed by atoms with E-state index < -0.39 is 5.41 Å². The van der Waals surface area contributed by atoms with Crippen LogP contribution >= 0.6 is 0 Å². The average molecular weight is 1380 g/mol. The number of nitrogens with zero attached hydrogens (tertiary/aromatic N) is 5. The third kappa shape index (κ3) is 8.34. The zero-order valence-electron chi connectivity index (χ0n) is 59.3. The second-order valence-corrected chi connectivity index (χ2v) is 29.7. The molecule has 4 aromatic heterocycles. The van der Waals surface area contributed by atoms with Gasteiger partial charge < -0.3 is 23.5 Å². The Balaban J connectivity index is 0.838. The molecule has 0 bridgehead atoms. The number of aromatic nitrogens is 2. The zero-order chi connectivity index (χ0) is 71.2. The van der Waals surface area contributed by atoms with Crippen molar-refractivity contribution in [2.24, 2.45) is 0 Å². The Morgan fingerprint density at radius 2 is 0.541 bits per heavy atom. The Bertz CT molecular complexity index is 6730. The first-order valence-electron chi connectivity index (χ1n) is 37.9. The Morgan fingerprint density at radius 3 is 0.936 bits per heavy atom. The highest BCUT2D eigenvalue weighted by molar-refractivity contribution is 7.00. The number of para-hydroxylation sites is 8. The van der Waals surface area contributed by atoms with Gasteiger partial charge in [-0.05, 0) is 169 Å². The summed E-state index contributed by atoms with van der Waals surface area (Å²) in [5.74, 6) is 0. The normalized spacial score (nSPS) is 13.5. The summed E-state index contributed by atoms with van der Waals surface area (Å²) in [7, 11) is 0. The molecule has 0 aliphatic carbocycles. The van der Waals surface area contributed by atoms with E-state index in [1.807, 2.05) is 0 Å². The minimum absolute atomic E-state index is 0.257. The molecule has 24 rings (SSSR count). The summed E-state index contributed by atoms with van der Waals surface area (Å²) >= 11 is 0. The lowest BCUT2D eigenvalue weighted by Gasteiger charge is -2.48. The lowest BCUT2D eigenvalue weighted by atomic mass is 9.33. The van der Waals surface area contributed by atoms with E-state index in [0.29, 0.717) is 0 Å². The van der Waals surface area contributed by atoms with Crippen molar-refractivity contribution in [3.63, 3.8) is 0 Å². The van der Waals surface area contributed by atoms with Crippen molar-refractivity contribution in [2.45, 2.75) is 5.41 Å². The van der Waals surface area contributed by atoms with Gasteiger partial charge in [0.2, 0.25) is 0 Å². The Kier molecular flexibility index (Phi) is 12.6. The van der Waals surface area contributed by atoms with Gasteiger partial charge in [0, 0.05) is 77.0 Å². The second kappa shape index (κ2) is 22.9. The fraction of sp³-hybridized carbons (Fsp3) is 0.00971. The molecule has 0 radical (unpaired) electrons. The lowest BCUT2D eigenvalue weighted by Crippen LogP contribution is -2.61. The Morgan fingerprint density at radius 1 is 0.211 bits per heavy atom. The number of hydrogen-bond donors (Lipinski definition) is 0. The van der Waals surface area contributed by atoms with Gasteiger partial charge in [-0.15, -0.1) is 0 Å². The van der Waals surface area contributed by atoms with Gasteiger partial charge in [-0.25, -0.2) is 0 Å². The van der Waals surface area contributed by atoms with Gasteiger partial charge in [0.25, 0.3) is 6.71 Å². The van der Waals surface area contributed by atoms with E-state index in [2.05, 4.69) is 412 Å². The Hall–Kier alpha value is -14.2. The summed E-state index contributed by atoms with van der Waals surface area (Å²) in [5.41, 5.74) is 34.4. The van der Waals surface area contributed by atoms with Gasteiger partial charge >= 0.3 is 0 Å². The molecule has 0 fully saturated rings. The Labute approximate surface area is 630 Å². The standard InChI is InChI=1S/C103H64BN5/c1-5-29-65(30-6-1)67-53-55-96-86(61-67)104-87-62-68(66-31-7-2-8-32-66)54-56-97(87)107(89-46-22-14-38-75(89)70-59-82-78-41-17-25-49-92(78)109-93-50-26-18-42-79(93)83(60-70)102(82)109)99-64-73(105-94-51-27-19-43-84(94)103(71-33-9-3-10-34-71,72-35-11-4-12-36-72)85-44-20-28-52-95(85)105)63-98(100(99)104)106(96)88-45-21-13-37-74(88)69-57-80-76-39-15-23-47-90(76)108-91-48-24-16-40-77(91)81(58-69)101(80)108/h1-64H. The summed E-state index contributed by atoms with van der Waals surface area (Å²) in [6.45, 7) is -0.257. The molecular formula is C103H64BN5. The lowest BCUT2D eigenvalue weighted by molar-refractivity contribution is 0.731. The van der Waals surface area contributed by atoms with Crippen LogP contribution in [0.1, 0.15) is 22.3 Å². The van der Waals surface area contributed by atoms with Crippen LogP contribution in [-0.2, 0) is 5.41 Å². The van der Waals surface area contributed by atoms with Crippen LogP contribution in [0, 0.1) is 0 Å². The van der Waals surface area contributed by atoms with Crippen LogP contribution in [-0.4, -0.2) is 15.5 Å². The third-order valence-electron chi connectivity index (χ3n) is 24.4. The second-order valence-electron chi connectivity index (χ2n) is 29.7. The van der Waals surface area contributed by atoms with Crippen molar-refractivity contribution in [2.75, 3.05) is 14.7 Å². The highest BCUT2D eigenvalue weighted by atomic mass is 15.2. The van der Waals surface area contributed by atoms with E-state index in [-0.39, 0.29) is 6.71 Å². The molecule has 3 aliphatic heterocycles. The minimum Gasteiger partial charge on any atom is -0.311 e. The number of hydrogen-bond acceptors (Lipinski definition) is 3. The summed E-state index contributed by atoms with van der Waals surface area (Å²) in [4.78, 5) is 7.93. The molecule has 109 heavy (non-hydrogen) atoms. The highest BCUT2D eigenvalue weighted by Gasteiger charge is 2.49. The molecule has 0 atom stereocenters. The summed E-state index contributed by atoms with van der Waals surface area (Å²) < 4.78 is 4.98. The van der Waals surface area contributed by atoms with E-state index in [9.17, 15) is 0 Å². The molecule has 0 saturated carbocycles. The summed E-state index contributed by atoms with van der Waals surface area (Å²) in [5, 5.41) is 9.95. The van der Waals surface area contributed by atoms with E-state index in [4.69, 9.17) is 0 Å². The molecule has 7 heterocycles. The van der Waals surface area contributed by atoms with Crippen LogP contribution in [0.3, 0.4) is 0 Å². The number of benzene rings is 17. The topological polar surface area (TPSA) is 18.5 Å². The third-order valence-corrected chi connectivity index (χ3v) is 24.4. The van der Waals surface area contributed by atoms with Crippen LogP contribution in [0.25, 0.3) is 121 Å². The molecular weight excluding hydrogens is 1320 g/mol. The first-order chi connectivity index (χ1) is 54.1. The van der Waals surface area contributed by atoms with Crippen molar-refractivity contribution in [1.82, 2.24) is 8.80 Å². The molecule has 17 aromatic carbocycles. The van der Waals surface area contributed by atoms with Gasteiger partial charge in [-0.1, -0.05) is 291 Å². The first-order valence-corrected chi connectivity index (χ1v) is 37.9. The molecule has 0 saturated heterocycles. The first kappa shape index (κ1) is 60.1. The number of anilines is 9. The zero-order valence-corrected chi connectivity index (χ0v) is 59.3. The smallest absolute Gasteiger partial charge is 0.252 e. The largest absolute Gasteiger partial charge is 0.311 e. The van der Waals surface area contributed by atoms with Gasteiger partial charge in [0.1, 0.15) is 0 Å². The minimum atomic E-state index is -0.691. The fourth-order valence-corrected chi connectivity index (χ4v) is 20.0. The van der Waals surface area contributed by atoms with E-state index >= 15 is 0 Å². The van der Waals surface area contributed by atoms with Gasteiger partial charge in [0.05, 0.1) is 67.0 Å². The molecule has 504 valence electrons. The molecule has 0 N–H and O–H groups in total. The van der Waals surface area contributed by atoms with Crippen molar-refractivity contribution in [3.05, 3.63) is 411 Å². The number of rotatable bonds is 9. The van der Waals surface area contributed by atoms with Crippen molar-refractivity contribution >= 4 is 150 Å². The maximum Gasteiger partial charge on any atom is 0.252 e. The molecule has 21 aromatic rings. The number of fused-ring (bicyclic) bond motifs is 18. The van der Waals surface area contributed by atoms with Gasteiger partial charge in [-0.3, -0.25) is 0 Å². The van der Waals surface area contributed by atoms with Gasteiger partial charge in [0.15, 0.2) is 0 Å². The summed E-state index contributed by atoms with van der Waals surface area (Å²) in [6, 6.07) is 147. The van der Waals surface area contributed by atoms with Crippen LogP contribution in [0.2, 0.25) is 0 Å². The van der Waals surface area contributed by atoms with Crippen LogP contribution < -0.4 is 31.1 Å². The van der Waals surface area contributed by atoms with Crippen LogP contribution in [0.4, 0.5) is 51.2 Å². The van der Waals surface area contributed by atoms with Crippen molar-refractivity contribution < 1.29 is 0 Å². The predicted molar refractivity (Wildman–Crippen MR) is 458 cm³/mol. The summed E-state index contributed by atoms with van der Waals surface area (Å²) in [6.07, 6.45) is 0. The van der Waals surface area contributed by atoms with E-state index in [1.54, 1.807) is 0 Å². The van der Waals surface area contributed by atoms with Crippen LogP contribution in [0.15, 0.2) is 388 Å². The molecule has 0 amide bonds. The molecule has 0 spiro atoms.